The number of benzene rings is 1. The molecule has 1 aromatic carbocycles. The molecule has 1 aliphatic rings. The summed E-state index contributed by atoms with van der Waals surface area (Å²) in [4.78, 5) is 36.4. The largest absolute Gasteiger partial charge is 0.481 e. The molecule has 2 unspecified atom stereocenters. The molecule has 0 saturated carbocycles. The number of likely N-dealkylation sites (tertiary alicyclic amines) is 1. The lowest BCUT2D eigenvalue weighted by atomic mass is 9.90. The Labute approximate surface area is 141 Å². The summed E-state index contributed by atoms with van der Waals surface area (Å²) >= 11 is 1.27. The number of nitrogens with zero attached hydrogens (tertiary/aromatic N) is 2. The van der Waals surface area contributed by atoms with Gasteiger partial charge in [0, 0.05) is 35.3 Å². The maximum Gasteiger partial charge on any atom is 0.308 e. The number of carboxylic acids is 1. The highest BCUT2D eigenvalue weighted by Crippen LogP contribution is 2.31. The van der Waals surface area contributed by atoms with Crippen molar-refractivity contribution in [3.63, 3.8) is 0 Å². The molecule has 24 heavy (non-hydrogen) atoms. The van der Waals surface area contributed by atoms with Gasteiger partial charge in [0.25, 0.3) is 11.6 Å². The van der Waals surface area contributed by atoms with Gasteiger partial charge in [0.2, 0.25) is 0 Å². The highest BCUT2D eigenvalue weighted by Gasteiger charge is 2.32. The number of aliphatic carboxylic acids is 1. The van der Waals surface area contributed by atoms with Crippen LogP contribution in [-0.2, 0) is 4.79 Å². The number of carboxylic acid groups (broad SMARTS) is 1. The number of nitro benzene ring substituents is 1. The summed E-state index contributed by atoms with van der Waals surface area (Å²) in [7, 11) is 0. The number of amides is 1. The van der Waals surface area contributed by atoms with Gasteiger partial charge in [-0.15, -0.1) is 11.3 Å². The van der Waals surface area contributed by atoms with Crippen LogP contribution < -0.4 is 0 Å². The van der Waals surface area contributed by atoms with Crippen molar-refractivity contribution in [2.45, 2.75) is 13.3 Å². The van der Waals surface area contributed by atoms with Gasteiger partial charge in [0.15, 0.2) is 0 Å². The van der Waals surface area contributed by atoms with E-state index < -0.39 is 16.8 Å². The molecule has 1 aliphatic heterocycles. The molecule has 2 heterocycles. The van der Waals surface area contributed by atoms with Gasteiger partial charge >= 0.3 is 5.97 Å². The van der Waals surface area contributed by atoms with Crippen LogP contribution in [0.1, 0.15) is 23.0 Å². The quantitative estimate of drug-likeness (QED) is 0.679. The van der Waals surface area contributed by atoms with Gasteiger partial charge in [-0.3, -0.25) is 19.7 Å². The van der Waals surface area contributed by atoms with E-state index in [0.717, 1.165) is 4.70 Å². The van der Waals surface area contributed by atoms with Gasteiger partial charge in [0.1, 0.15) is 0 Å². The van der Waals surface area contributed by atoms with E-state index in [0.29, 0.717) is 23.2 Å². The summed E-state index contributed by atoms with van der Waals surface area (Å²) in [5.41, 5.74) is -0.0168. The van der Waals surface area contributed by atoms with E-state index in [4.69, 9.17) is 0 Å². The van der Waals surface area contributed by atoms with E-state index in [9.17, 15) is 24.8 Å². The van der Waals surface area contributed by atoms with Crippen LogP contribution in [0.2, 0.25) is 0 Å². The normalized spacial score (nSPS) is 21.0. The Morgan fingerprint density at radius 3 is 2.75 bits per heavy atom. The molecule has 8 heteroatoms. The van der Waals surface area contributed by atoms with E-state index in [1.54, 1.807) is 17.0 Å². The fraction of sp³-hybridized carbons (Fsp3) is 0.375. The van der Waals surface area contributed by atoms with Crippen molar-refractivity contribution in [1.29, 1.82) is 0 Å². The second kappa shape index (κ2) is 6.20. The molecule has 3 rings (SSSR count). The summed E-state index contributed by atoms with van der Waals surface area (Å²) in [5.74, 6) is -1.52. The summed E-state index contributed by atoms with van der Waals surface area (Å²) in [6.45, 7) is 2.66. The van der Waals surface area contributed by atoms with Gasteiger partial charge in [-0.1, -0.05) is 6.92 Å². The van der Waals surface area contributed by atoms with Crippen molar-refractivity contribution in [2.24, 2.45) is 11.8 Å². The molecule has 1 N–H and O–H groups in total. The number of hydrogen-bond donors (Lipinski definition) is 1. The van der Waals surface area contributed by atoms with Crippen molar-refractivity contribution >= 4 is 39.0 Å². The van der Waals surface area contributed by atoms with Crippen LogP contribution in [0.4, 0.5) is 5.69 Å². The van der Waals surface area contributed by atoms with E-state index in [-0.39, 0.29) is 24.1 Å². The Hall–Kier alpha value is -2.48. The highest BCUT2D eigenvalue weighted by atomic mass is 32.1. The third-order valence-corrected chi connectivity index (χ3v) is 5.32. The summed E-state index contributed by atoms with van der Waals surface area (Å²) in [6, 6.07) is 6.14. The van der Waals surface area contributed by atoms with Crippen molar-refractivity contribution in [3.8, 4) is 0 Å². The maximum absolute atomic E-state index is 12.7. The summed E-state index contributed by atoms with van der Waals surface area (Å²) < 4.78 is 0.795. The van der Waals surface area contributed by atoms with Crippen LogP contribution >= 0.6 is 11.3 Å². The molecule has 126 valence electrons. The third kappa shape index (κ3) is 3.09. The molecule has 0 aliphatic carbocycles. The Bertz CT molecular complexity index is 831. The zero-order chi connectivity index (χ0) is 17.4. The van der Waals surface area contributed by atoms with Crippen LogP contribution in [0.5, 0.6) is 0 Å². The lowest BCUT2D eigenvalue weighted by molar-refractivity contribution is -0.384. The van der Waals surface area contributed by atoms with E-state index in [2.05, 4.69) is 0 Å². The molecule has 7 nitrogen and oxygen atoms in total. The molecule has 1 amide bonds. The Morgan fingerprint density at radius 1 is 1.33 bits per heavy atom. The van der Waals surface area contributed by atoms with Gasteiger partial charge in [-0.05, 0) is 24.5 Å². The number of carbonyl (C=O) groups is 2. The Kier molecular flexibility index (Phi) is 4.23. The first kappa shape index (κ1) is 16.4. The Balaban J connectivity index is 1.87. The van der Waals surface area contributed by atoms with Crippen LogP contribution in [0.15, 0.2) is 24.3 Å². The average Bonchev–Trinajstić information content (AvgIpc) is 2.96. The van der Waals surface area contributed by atoms with Gasteiger partial charge < -0.3 is 10.0 Å². The molecule has 2 aromatic rings. The number of non-ortho nitro benzene ring substituents is 1. The molecule has 1 fully saturated rings. The first-order valence-corrected chi connectivity index (χ1v) is 8.37. The number of nitro groups is 1. The smallest absolute Gasteiger partial charge is 0.308 e. The lowest BCUT2D eigenvalue weighted by Crippen LogP contribution is -2.45. The molecule has 0 radical (unpaired) electrons. The third-order valence-electron chi connectivity index (χ3n) is 4.22. The highest BCUT2D eigenvalue weighted by molar-refractivity contribution is 7.20. The fourth-order valence-electron chi connectivity index (χ4n) is 3.10. The standard InChI is InChI=1S/C16H16N2O5S/c1-9-4-11(16(20)21)8-17(7-9)15(19)14-6-10-5-12(18(22)23)2-3-13(10)24-14/h2-3,5-6,9,11H,4,7-8H2,1H3,(H,20,21). The SMILES string of the molecule is CC1CC(C(=O)O)CN(C(=O)c2cc3cc([N+](=O)[O-])ccc3s2)C1. The van der Waals surface area contributed by atoms with Crippen LogP contribution in [0, 0.1) is 22.0 Å². The summed E-state index contributed by atoms with van der Waals surface area (Å²) in [6.07, 6.45) is 0.567. The van der Waals surface area contributed by atoms with Crippen molar-refractivity contribution in [1.82, 2.24) is 4.90 Å². The predicted octanol–water partition coefficient (Wildman–Crippen LogP) is 2.99. The minimum absolute atomic E-state index is 0.0168. The Morgan fingerprint density at radius 2 is 2.08 bits per heavy atom. The van der Waals surface area contributed by atoms with Gasteiger partial charge in [-0.25, -0.2) is 0 Å². The van der Waals surface area contributed by atoms with E-state index in [1.165, 1.54) is 23.5 Å². The zero-order valence-corrected chi connectivity index (χ0v) is 13.8. The lowest BCUT2D eigenvalue weighted by Gasteiger charge is -2.34. The van der Waals surface area contributed by atoms with Crippen LogP contribution in [0.25, 0.3) is 10.1 Å². The molecular formula is C16H16N2O5S. The molecule has 0 bridgehead atoms. The number of fused-ring (bicyclic) bond motifs is 1. The van der Waals surface area contributed by atoms with Crippen LogP contribution in [-0.4, -0.2) is 39.9 Å². The molecule has 2 atom stereocenters. The number of piperidine rings is 1. The molecule has 0 spiro atoms. The zero-order valence-electron chi connectivity index (χ0n) is 13.0. The topological polar surface area (TPSA) is 101 Å². The molecule has 1 saturated heterocycles. The van der Waals surface area contributed by atoms with E-state index >= 15 is 0 Å². The number of thiophene rings is 1. The summed E-state index contributed by atoms with van der Waals surface area (Å²) in [5, 5.41) is 20.7. The fourth-order valence-corrected chi connectivity index (χ4v) is 4.11. The van der Waals surface area contributed by atoms with Crippen molar-refractivity contribution < 1.29 is 19.6 Å². The predicted molar refractivity (Wildman–Crippen MR) is 89.3 cm³/mol. The van der Waals surface area contributed by atoms with Crippen molar-refractivity contribution in [2.75, 3.05) is 13.1 Å². The minimum Gasteiger partial charge on any atom is -0.481 e. The van der Waals surface area contributed by atoms with Crippen molar-refractivity contribution in [3.05, 3.63) is 39.3 Å². The number of carbonyl (C=O) groups excluding carboxylic acids is 1. The molecule has 1 aromatic heterocycles. The van der Waals surface area contributed by atoms with Crippen LogP contribution in [0.3, 0.4) is 0 Å². The number of rotatable bonds is 3. The second-order valence-corrected chi connectivity index (χ2v) is 7.26. The number of hydrogen-bond acceptors (Lipinski definition) is 5. The maximum atomic E-state index is 12.7. The van der Waals surface area contributed by atoms with Gasteiger partial charge in [0.05, 0.1) is 15.7 Å². The van der Waals surface area contributed by atoms with E-state index in [1.807, 2.05) is 6.92 Å². The first-order chi connectivity index (χ1) is 11.3. The second-order valence-electron chi connectivity index (χ2n) is 6.18. The average molecular weight is 348 g/mol. The minimum atomic E-state index is -0.883. The monoisotopic (exact) mass is 348 g/mol. The first-order valence-electron chi connectivity index (χ1n) is 7.55. The van der Waals surface area contributed by atoms with Gasteiger partial charge in [-0.2, -0.15) is 0 Å². The molecular weight excluding hydrogens is 332 g/mol.